The van der Waals surface area contributed by atoms with Gasteiger partial charge in [0.1, 0.15) is 6.04 Å². The number of hydrogen-bond acceptors (Lipinski definition) is 4. The average Bonchev–Trinajstić information content (AvgIpc) is 2.83. The van der Waals surface area contributed by atoms with Gasteiger partial charge in [0.25, 0.3) is 0 Å². The quantitative estimate of drug-likeness (QED) is 0.407. The molecule has 0 fully saturated rings. The number of nitrogens with zero attached hydrogens (tertiary/aromatic N) is 2. The summed E-state index contributed by atoms with van der Waals surface area (Å²) in [5, 5.41) is 3.43. The number of benzene rings is 2. The Bertz CT molecular complexity index is 1130. The predicted molar refractivity (Wildman–Crippen MR) is 147 cm³/mol. The molecule has 0 aliphatic rings. The van der Waals surface area contributed by atoms with Crippen molar-refractivity contribution in [2.24, 2.45) is 0 Å². The number of hydrogen-bond donors (Lipinski definition) is 1. The van der Waals surface area contributed by atoms with Crippen LogP contribution < -0.4 is 9.62 Å². The second-order valence-corrected chi connectivity index (χ2v) is 11.5. The van der Waals surface area contributed by atoms with Crippen LogP contribution in [0.25, 0.3) is 0 Å². The van der Waals surface area contributed by atoms with Crippen molar-refractivity contribution in [2.45, 2.75) is 65.5 Å². The highest BCUT2D eigenvalue weighted by Gasteiger charge is 2.27. The molecule has 2 aromatic rings. The second-order valence-electron chi connectivity index (χ2n) is 9.14. The minimum absolute atomic E-state index is 0.00952. The van der Waals surface area contributed by atoms with Gasteiger partial charge in [-0.1, -0.05) is 54.9 Å². The Balaban J connectivity index is 2.15. The lowest BCUT2D eigenvalue weighted by Gasteiger charge is -2.30. The van der Waals surface area contributed by atoms with Gasteiger partial charge in [-0.05, 0) is 63.3 Å². The highest BCUT2D eigenvalue weighted by Crippen LogP contribution is 2.28. The zero-order valence-electron chi connectivity index (χ0n) is 21.8. The van der Waals surface area contributed by atoms with Crippen LogP contribution >= 0.6 is 11.6 Å². The molecule has 2 amide bonds. The van der Waals surface area contributed by atoms with E-state index >= 15 is 0 Å². The van der Waals surface area contributed by atoms with E-state index in [4.69, 9.17) is 11.6 Å². The van der Waals surface area contributed by atoms with Crippen LogP contribution in [0.4, 0.5) is 5.69 Å². The van der Waals surface area contributed by atoms with Gasteiger partial charge in [0.05, 0.1) is 11.9 Å². The lowest BCUT2D eigenvalue weighted by Crippen LogP contribution is -2.50. The Labute approximate surface area is 220 Å². The van der Waals surface area contributed by atoms with Gasteiger partial charge in [0.2, 0.25) is 21.8 Å². The number of halogens is 1. The Kier molecular flexibility index (Phi) is 11.2. The molecule has 2 rings (SSSR count). The number of sulfonamides is 1. The lowest BCUT2D eigenvalue weighted by molar-refractivity contribution is -0.140. The van der Waals surface area contributed by atoms with Crippen LogP contribution in [0.3, 0.4) is 0 Å². The smallest absolute Gasteiger partial charge is 0.242 e. The number of amides is 2. The SMILES string of the molecule is CCC(C)NC(=O)C(C)N(CCc1ccccc1)C(=O)CCCN(c1cccc(Cl)c1C)S(C)(=O)=O. The number of carbonyl (C=O) groups is 2. The molecule has 0 aliphatic carbocycles. The van der Waals surface area contributed by atoms with E-state index in [2.05, 4.69) is 5.32 Å². The van der Waals surface area contributed by atoms with Gasteiger partial charge in [-0.2, -0.15) is 0 Å². The molecule has 0 bridgehead atoms. The summed E-state index contributed by atoms with van der Waals surface area (Å²) in [5.74, 6) is -0.382. The maximum Gasteiger partial charge on any atom is 0.242 e. The minimum atomic E-state index is -3.58. The van der Waals surface area contributed by atoms with Gasteiger partial charge in [-0.15, -0.1) is 0 Å². The third-order valence-corrected chi connectivity index (χ3v) is 7.90. The maximum absolute atomic E-state index is 13.3. The van der Waals surface area contributed by atoms with Gasteiger partial charge in [-0.3, -0.25) is 13.9 Å². The van der Waals surface area contributed by atoms with E-state index in [1.54, 1.807) is 36.9 Å². The summed E-state index contributed by atoms with van der Waals surface area (Å²) in [4.78, 5) is 27.7. The minimum Gasteiger partial charge on any atom is -0.352 e. The number of nitrogens with one attached hydrogen (secondary N) is 1. The van der Waals surface area contributed by atoms with Crippen LogP contribution in [0, 0.1) is 6.92 Å². The van der Waals surface area contributed by atoms with Crippen molar-refractivity contribution in [1.82, 2.24) is 10.2 Å². The molecule has 2 aromatic carbocycles. The standard InChI is InChI=1S/C27H38ClN3O4S/c1-6-20(2)29-27(33)22(4)30(19-17-23-12-8-7-9-13-23)26(32)16-11-18-31(36(5,34)35)25-15-10-14-24(28)21(25)3/h7-10,12-15,20,22H,6,11,16-19H2,1-5H3,(H,29,33). The fraction of sp³-hybridized carbons (Fsp3) is 0.481. The first kappa shape index (κ1) is 29.6. The Morgan fingerprint density at radius 2 is 1.69 bits per heavy atom. The highest BCUT2D eigenvalue weighted by atomic mass is 35.5. The fourth-order valence-corrected chi connectivity index (χ4v) is 5.07. The topological polar surface area (TPSA) is 86.8 Å². The van der Waals surface area contributed by atoms with Crippen molar-refractivity contribution in [3.63, 3.8) is 0 Å². The van der Waals surface area contributed by atoms with E-state index in [1.807, 2.05) is 44.2 Å². The molecule has 2 atom stereocenters. The number of carbonyl (C=O) groups excluding carboxylic acids is 2. The molecule has 0 saturated heterocycles. The van der Waals surface area contributed by atoms with Crippen LogP contribution in [0.1, 0.15) is 51.2 Å². The van der Waals surface area contributed by atoms with Crippen LogP contribution in [0.2, 0.25) is 5.02 Å². The molecule has 36 heavy (non-hydrogen) atoms. The highest BCUT2D eigenvalue weighted by molar-refractivity contribution is 7.92. The van der Waals surface area contributed by atoms with E-state index < -0.39 is 16.1 Å². The molecular weight excluding hydrogens is 498 g/mol. The molecule has 0 saturated carbocycles. The first-order valence-electron chi connectivity index (χ1n) is 12.3. The molecule has 1 N–H and O–H groups in total. The van der Waals surface area contributed by atoms with E-state index in [1.165, 1.54) is 4.31 Å². The molecule has 198 valence electrons. The third kappa shape index (κ3) is 8.52. The van der Waals surface area contributed by atoms with E-state index in [-0.39, 0.29) is 30.8 Å². The summed E-state index contributed by atoms with van der Waals surface area (Å²) < 4.78 is 26.3. The van der Waals surface area contributed by atoms with Crippen LogP contribution in [0.15, 0.2) is 48.5 Å². The van der Waals surface area contributed by atoms with Crippen molar-refractivity contribution >= 4 is 39.1 Å². The number of rotatable bonds is 13. The molecule has 0 heterocycles. The van der Waals surface area contributed by atoms with Gasteiger partial charge in [0.15, 0.2) is 0 Å². The van der Waals surface area contributed by atoms with Crippen LogP contribution in [0.5, 0.6) is 0 Å². The molecule has 7 nitrogen and oxygen atoms in total. The third-order valence-electron chi connectivity index (χ3n) is 6.31. The molecule has 0 aromatic heterocycles. The molecule has 0 aliphatic heterocycles. The van der Waals surface area contributed by atoms with Crippen molar-refractivity contribution in [2.75, 3.05) is 23.7 Å². The first-order valence-corrected chi connectivity index (χ1v) is 14.5. The summed E-state index contributed by atoms with van der Waals surface area (Å²) in [5.41, 5.74) is 2.24. The Morgan fingerprint density at radius 3 is 2.31 bits per heavy atom. The van der Waals surface area contributed by atoms with E-state index in [0.29, 0.717) is 35.7 Å². The monoisotopic (exact) mass is 535 g/mol. The van der Waals surface area contributed by atoms with Crippen LogP contribution in [-0.4, -0.2) is 56.6 Å². The van der Waals surface area contributed by atoms with Crippen LogP contribution in [-0.2, 0) is 26.0 Å². The summed E-state index contributed by atoms with van der Waals surface area (Å²) in [6, 6.07) is 14.3. The summed E-state index contributed by atoms with van der Waals surface area (Å²) in [7, 11) is -3.58. The average molecular weight is 536 g/mol. The molecule has 9 heteroatoms. The zero-order valence-corrected chi connectivity index (χ0v) is 23.4. The zero-order chi connectivity index (χ0) is 26.9. The molecule has 0 spiro atoms. The fourth-order valence-electron chi connectivity index (χ4n) is 3.88. The molecular formula is C27H38ClN3O4S. The van der Waals surface area contributed by atoms with Gasteiger partial charge in [-0.25, -0.2) is 8.42 Å². The second kappa shape index (κ2) is 13.7. The summed E-state index contributed by atoms with van der Waals surface area (Å²) in [6.45, 7) is 7.94. The molecule has 2 unspecified atom stereocenters. The maximum atomic E-state index is 13.3. The summed E-state index contributed by atoms with van der Waals surface area (Å²) >= 11 is 6.21. The van der Waals surface area contributed by atoms with Crippen molar-refractivity contribution in [1.29, 1.82) is 0 Å². The lowest BCUT2D eigenvalue weighted by atomic mass is 10.1. The predicted octanol–water partition coefficient (Wildman–Crippen LogP) is 4.57. The van der Waals surface area contributed by atoms with E-state index in [0.717, 1.165) is 18.2 Å². The first-order chi connectivity index (χ1) is 17.0. The number of anilines is 1. The van der Waals surface area contributed by atoms with Gasteiger partial charge < -0.3 is 10.2 Å². The van der Waals surface area contributed by atoms with Crippen molar-refractivity contribution in [3.05, 3.63) is 64.7 Å². The van der Waals surface area contributed by atoms with E-state index in [9.17, 15) is 18.0 Å². The summed E-state index contributed by atoms with van der Waals surface area (Å²) in [6.07, 6.45) is 2.97. The van der Waals surface area contributed by atoms with Gasteiger partial charge >= 0.3 is 0 Å². The Hall–Kier alpha value is -2.58. The largest absolute Gasteiger partial charge is 0.352 e. The Morgan fingerprint density at radius 1 is 1.03 bits per heavy atom. The normalized spacial score (nSPS) is 13.1. The van der Waals surface area contributed by atoms with Crippen molar-refractivity contribution < 1.29 is 18.0 Å². The van der Waals surface area contributed by atoms with Crippen molar-refractivity contribution in [3.8, 4) is 0 Å². The molecule has 0 radical (unpaired) electrons. The van der Waals surface area contributed by atoms with Gasteiger partial charge in [0, 0.05) is 30.6 Å².